The van der Waals surface area contributed by atoms with Crippen molar-refractivity contribution in [3.8, 4) is 0 Å². The Bertz CT molecular complexity index is 657. The van der Waals surface area contributed by atoms with Gasteiger partial charge in [-0.15, -0.1) is 0 Å². The van der Waals surface area contributed by atoms with Crippen LogP contribution in [0.4, 0.5) is 0 Å². The van der Waals surface area contributed by atoms with Crippen molar-refractivity contribution in [2.24, 2.45) is 0 Å². The maximum Gasteiger partial charge on any atom is 0.254 e. The Labute approximate surface area is 155 Å². The molecule has 26 heavy (non-hydrogen) atoms. The minimum absolute atomic E-state index is 0.0730. The fourth-order valence-corrected chi connectivity index (χ4v) is 3.90. The number of β-amino-alcohol motifs (C(OH)–C–C–N with tert-alkyl or cyclic N) is 1. The first kappa shape index (κ1) is 18.9. The number of amides is 2. The number of rotatable bonds is 5. The summed E-state index contributed by atoms with van der Waals surface area (Å²) in [5.41, 5.74) is 0.805. The van der Waals surface area contributed by atoms with Crippen LogP contribution < -0.4 is 5.32 Å². The van der Waals surface area contributed by atoms with E-state index < -0.39 is 5.60 Å². The van der Waals surface area contributed by atoms with Crippen molar-refractivity contribution in [3.63, 3.8) is 0 Å². The lowest BCUT2D eigenvalue weighted by Gasteiger charge is -2.37. The number of hydrogen-bond acceptors (Lipinski definition) is 4. The van der Waals surface area contributed by atoms with Crippen molar-refractivity contribution in [2.75, 3.05) is 26.2 Å². The molecule has 0 unspecified atom stereocenters. The van der Waals surface area contributed by atoms with Gasteiger partial charge in [0.25, 0.3) is 5.91 Å². The molecule has 0 aromatic heterocycles. The second-order valence-corrected chi connectivity index (χ2v) is 7.51. The van der Waals surface area contributed by atoms with Crippen molar-refractivity contribution in [1.29, 1.82) is 0 Å². The van der Waals surface area contributed by atoms with Gasteiger partial charge in [0, 0.05) is 26.6 Å². The Morgan fingerprint density at radius 1 is 1.12 bits per heavy atom. The Morgan fingerprint density at radius 3 is 2.50 bits per heavy atom. The van der Waals surface area contributed by atoms with Gasteiger partial charge >= 0.3 is 0 Å². The number of aliphatic hydroxyl groups is 1. The SMILES string of the molecule is CC(=O)N1CCC[C@](O)(C(=O)NCc2ccccc2CN2CCCC2)C1. The molecule has 0 radical (unpaired) electrons. The standard InChI is InChI=1S/C20H29N3O3/c1-16(24)23-12-6-9-20(26,15-23)19(25)21-13-17-7-2-3-8-18(17)14-22-10-4-5-11-22/h2-3,7-8,26H,4-6,9-15H2,1H3,(H,21,25)/t20-/m1/s1. The van der Waals surface area contributed by atoms with E-state index in [9.17, 15) is 14.7 Å². The molecule has 0 bridgehead atoms. The van der Waals surface area contributed by atoms with Gasteiger partial charge in [0.05, 0.1) is 6.54 Å². The number of carbonyl (C=O) groups excluding carboxylic acids is 2. The zero-order valence-electron chi connectivity index (χ0n) is 15.5. The van der Waals surface area contributed by atoms with E-state index >= 15 is 0 Å². The molecular weight excluding hydrogens is 330 g/mol. The molecule has 0 spiro atoms. The van der Waals surface area contributed by atoms with Crippen LogP contribution in [0.1, 0.15) is 43.7 Å². The molecule has 1 atom stereocenters. The molecule has 2 N–H and O–H groups in total. The average molecular weight is 359 g/mol. The lowest BCUT2D eigenvalue weighted by Crippen LogP contribution is -2.57. The number of likely N-dealkylation sites (tertiary alicyclic amines) is 2. The topological polar surface area (TPSA) is 72.9 Å². The largest absolute Gasteiger partial charge is 0.378 e. The van der Waals surface area contributed by atoms with E-state index in [1.807, 2.05) is 18.2 Å². The first-order valence-corrected chi connectivity index (χ1v) is 9.53. The van der Waals surface area contributed by atoms with Crippen molar-refractivity contribution >= 4 is 11.8 Å². The molecular formula is C20H29N3O3. The van der Waals surface area contributed by atoms with Crippen LogP contribution in [0.3, 0.4) is 0 Å². The molecule has 2 fully saturated rings. The van der Waals surface area contributed by atoms with Gasteiger partial charge in [-0.1, -0.05) is 24.3 Å². The van der Waals surface area contributed by atoms with Crippen LogP contribution in [-0.4, -0.2) is 58.5 Å². The lowest BCUT2D eigenvalue weighted by molar-refractivity contribution is -0.150. The van der Waals surface area contributed by atoms with Crippen LogP contribution in [0.2, 0.25) is 0 Å². The molecule has 0 aliphatic carbocycles. The molecule has 1 aromatic carbocycles. The smallest absolute Gasteiger partial charge is 0.254 e. The monoisotopic (exact) mass is 359 g/mol. The molecule has 2 aliphatic rings. The van der Waals surface area contributed by atoms with Gasteiger partial charge in [0.2, 0.25) is 5.91 Å². The summed E-state index contributed by atoms with van der Waals surface area (Å²) in [6.07, 6.45) is 3.52. The van der Waals surface area contributed by atoms with Crippen molar-refractivity contribution < 1.29 is 14.7 Å². The molecule has 0 saturated carbocycles. The van der Waals surface area contributed by atoms with Crippen LogP contribution in [-0.2, 0) is 22.7 Å². The number of nitrogens with zero attached hydrogens (tertiary/aromatic N) is 2. The summed E-state index contributed by atoms with van der Waals surface area (Å²) in [5.74, 6) is -0.494. The van der Waals surface area contributed by atoms with E-state index in [0.29, 0.717) is 25.9 Å². The highest BCUT2D eigenvalue weighted by atomic mass is 16.3. The summed E-state index contributed by atoms with van der Waals surface area (Å²) in [7, 11) is 0. The number of nitrogens with one attached hydrogen (secondary N) is 1. The third-order valence-corrected chi connectivity index (χ3v) is 5.49. The van der Waals surface area contributed by atoms with Crippen LogP contribution in [0, 0.1) is 0 Å². The van der Waals surface area contributed by atoms with Crippen molar-refractivity contribution in [2.45, 2.75) is 51.3 Å². The van der Waals surface area contributed by atoms with Gasteiger partial charge in [0.1, 0.15) is 0 Å². The fraction of sp³-hybridized carbons (Fsp3) is 0.600. The highest BCUT2D eigenvalue weighted by Gasteiger charge is 2.40. The second-order valence-electron chi connectivity index (χ2n) is 7.51. The Hall–Kier alpha value is -1.92. The van der Waals surface area contributed by atoms with Crippen LogP contribution in [0.15, 0.2) is 24.3 Å². The van der Waals surface area contributed by atoms with E-state index in [0.717, 1.165) is 25.2 Å². The van der Waals surface area contributed by atoms with Gasteiger partial charge in [-0.2, -0.15) is 0 Å². The minimum Gasteiger partial charge on any atom is -0.378 e. The minimum atomic E-state index is -1.49. The van der Waals surface area contributed by atoms with Gasteiger partial charge in [-0.05, 0) is 49.9 Å². The quantitative estimate of drug-likeness (QED) is 0.831. The van der Waals surface area contributed by atoms with Crippen molar-refractivity contribution in [1.82, 2.24) is 15.1 Å². The summed E-state index contributed by atoms with van der Waals surface area (Å²) < 4.78 is 0. The molecule has 2 amide bonds. The van der Waals surface area contributed by atoms with Crippen molar-refractivity contribution in [3.05, 3.63) is 35.4 Å². The predicted molar refractivity (Wildman–Crippen MR) is 99.2 cm³/mol. The molecule has 6 nitrogen and oxygen atoms in total. The predicted octanol–water partition coefficient (Wildman–Crippen LogP) is 1.27. The van der Waals surface area contributed by atoms with Gasteiger partial charge in [-0.25, -0.2) is 0 Å². The van der Waals surface area contributed by atoms with E-state index in [1.165, 1.54) is 25.3 Å². The summed E-state index contributed by atoms with van der Waals surface area (Å²) >= 11 is 0. The summed E-state index contributed by atoms with van der Waals surface area (Å²) in [6.45, 7) is 5.69. The van der Waals surface area contributed by atoms with Gasteiger partial charge < -0.3 is 15.3 Å². The number of piperidine rings is 1. The van der Waals surface area contributed by atoms with Crippen LogP contribution >= 0.6 is 0 Å². The first-order valence-electron chi connectivity index (χ1n) is 9.53. The first-order chi connectivity index (χ1) is 12.5. The fourth-order valence-electron chi connectivity index (χ4n) is 3.90. The van der Waals surface area contributed by atoms with E-state index in [2.05, 4.69) is 16.3 Å². The van der Waals surface area contributed by atoms with Gasteiger partial charge in [0.15, 0.2) is 5.60 Å². The molecule has 2 saturated heterocycles. The Kier molecular flexibility index (Phi) is 5.94. The average Bonchev–Trinajstić information content (AvgIpc) is 3.13. The molecule has 1 aromatic rings. The number of benzene rings is 1. The Morgan fingerprint density at radius 2 is 1.81 bits per heavy atom. The zero-order chi connectivity index (χ0) is 18.6. The lowest BCUT2D eigenvalue weighted by atomic mass is 9.91. The molecule has 6 heteroatoms. The summed E-state index contributed by atoms with van der Waals surface area (Å²) in [5, 5.41) is 13.6. The molecule has 2 heterocycles. The molecule has 142 valence electrons. The van der Waals surface area contributed by atoms with Crippen LogP contribution in [0.5, 0.6) is 0 Å². The third-order valence-electron chi connectivity index (χ3n) is 5.49. The number of carbonyl (C=O) groups is 2. The molecule has 3 rings (SSSR count). The maximum absolute atomic E-state index is 12.6. The molecule has 2 aliphatic heterocycles. The number of hydrogen-bond donors (Lipinski definition) is 2. The van der Waals surface area contributed by atoms with E-state index in [4.69, 9.17) is 0 Å². The van der Waals surface area contributed by atoms with Gasteiger partial charge in [-0.3, -0.25) is 14.5 Å². The summed E-state index contributed by atoms with van der Waals surface area (Å²) in [6, 6.07) is 8.13. The van der Waals surface area contributed by atoms with E-state index in [-0.39, 0.29) is 18.4 Å². The van der Waals surface area contributed by atoms with E-state index in [1.54, 1.807) is 4.90 Å². The highest BCUT2D eigenvalue weighted by Crippen LogP contribution is 2.22. The van der Waals surface area contributed by atoms with Crippen LogP contribution in [0.25, 0.3) is 0 Å². The third kappa shape index (κ3) is 4.43. The highest BCUT2D eigenvalue weighted by molar-refractivity contribution is 5.86. The second kappa shape index (κ2) is 8.18. The zero-order valence-corrected chi connectivity index (χ0v) is 15.5. The summed E-state index contributed by atoms with van der Waals surface area (Å²) in [4.78, 5) is 28.2. The normalized spacial score (nSPS) is 23.8. The maximum atomic E-state index is 12.6. The Balaban J connectivity index is 1.61.